The molecule has 3 heteroatoms. The van der Waals surface area contributed by atoms with Gasteiger partial charge >= 0.3 is 5.97 Å². The minimum atomic E-state index is -0.750. The molecule has 0 saturated heterocycles. The molecule has 0 aliphatic rings. The molecule has 2 rings (SSSR count). The second kappa shape index (κ2) is 9.20. The lowest BCUT2D eigenvalue weighted by Crippen LogP contribution is -1.97. The van der Waals surface area contributed by atoms with Gasteiger partial charge in [-0.2, -0.15) is 0 Å². The average molecular weight is 263 g/mol. The van der Waals surface area contributed by atoms with Crippen LogP contribution in [0.1, 0.15) is 45.4 Å². The first-order valence-corrected chi connectivity index (χ1v) is 6.96. The quantitative estimate of drug-likeness (QED) is 0.853. The summed E-state index contributed by atoms with van der Waals surface area (Å²) in [4.78, 5) is 13.8. The molecular formula is C16H25NO2. The Balaban J connectivity index is 0.000000741. The van der Waals surface area contributed by atoms with Gasteiger partial charge in [0, 0.05) is 23.0 Å². The maximum atomic E-state index is 10.5. The number of aromatic nitrogens is 1. The Morgan fingerprint density at radius 3 is 2.32 bits per heavy atom. The predicted octanol–water partition coefficient (Wildman–Crippen LogP) is 4.55. The number of aryl methyl sites for hydroxylation is 2. The van der Waals surface area contributed by atoms with Crippen LogP contribution in [-0.4, -0.2) is 16.1 Å². The topological polar surface area (TPSA) is 53.1 Å². The minimum absolute atomic E-state index is 0.183. The Morgan fingerprint density at radius 1 is 1.16 bits per heavy atom. The fourth-order valence-corrected chi connectivity index (χ4v) is 1.89. The van der Waals surface area contributed by atoms with Crippen LogP contribution in [0.2, 0.25) is 0 Å². The first kappa shape index (κ1) is 17.2. The third-order valence-electron chi connectivity index (χ3n) is 2.62. The minimum Gasteiger partial charge on any atom is -0.481 e. The number of hydrogen-bond donors (Lipinski definition) is 2. The van der Waals surface area contributed by atoms with E-state index in [-0.39, 0.29) is 6.42 Å². The molecule has 0 atom stereocenters. The van der Waals surface area contributed by atoms with Crippen molar-refractivity contribution in [1.82, 2.24) is 4.98 Å². The molecule has 0 fully saturated rings. The fraction of sp³-hybridized carbons (Fsp3) is 0.438. The molecule has 0 unspecified atom stereocenters. The highest BCUT2D eigenvalue weighted by atomic mass is 16.4. The Hall–Kier alpha value is -1.77. The molecule has 1 aromatic carbocycles. The van der Waals surface area contributed by atoms with E-state index < -0.39 is 5.97 Å². The maximum Gasteiger partial charge on any atom is 0.303 e. The zero-order valence-electron chi connectivity index (χ0n) is 12.6. The third-order valence-corrected chi connectivity index (χ3v) is 2.62. The van der Waals surface area contributed by atoms with E-state index in [2.05, 4.69) is 4.98 Å². The molecule has 0 radical (unpaired) electrons. The number of nitrogens with one attached hydrogen (secondary N) is 1. The molecule has 0 aliphatic heterocycles. The highest BCUT2D eigenvalue weighted by Gasteiger charge is 2.08. The molecule has 0 saturated carbocycles. The van der Waals surface area contributed by atoms with E-state index in [0.717, 1.165) is 22.2 Å². The van der Waals surface area contributed by atoms with Gasteiger partial charge in [0.1, 0.15) is 0 Å². The van der Waals surface area contributed by atoms with Crippen molar-refractivity contribution in [3.8, 4) is 0 Å². The van der Waals surface area contributed by atoms with E-state index >= 15 is 0 Å². The van der Waals surface area contributed by atoms with Gasteiger partial charge in [0.2, 0.25) is 0 Å². The molecule has 1 aromatic heterocycles. The molecule has 0 spiro atoms. The SMILES string of the molecule is CC.CC.Cc1[nH]c2ccccc2c1CCC(=O)O. The lowest BCUT2D eigenvalue weighted by Gasteiger charge is -1.98. The van der Waals surface area contributed by atoms with Crippen molar-refractivity contribution in [3.05, 3.63) is 35.5 Å². The van der Waals surface area contributed by atoms with Crippen LogP contribution < -0.4 is 0 Å². The third kappa shape index (κ3) is 4.78. The second-order valence-electron chi connectivity index (χ2n) is 3.67. The number of aliphatic carboxylic acids is 1. The van der Waals surface area contributed by atoms with Gasteiger partial charge in [0.05, 0.1) is 0 Å². The van der Waals surface area contributed by atoms with Gasteiger partial charge in [-0.1, -0.05) is 45.9 Å². The highest BCUT2D eigenvalue weighted by molar-refractivity contribution is 5.85. The van der Waals surface area contributed by atoms with Gasteiger partial charge in [0.25, 0.3) is 0 Å². The smallest absolute Gasteiger partial charge is 0.303 e. The van der Waals surface area contributed by atoms with E-state index in [1.165, 1.54) is 0 Å². The van der Waals surface area contributed by atoms with Gasteiger partial charge in [-0.25, -0.2) is 0 Å². The number of carbonyl (C=O) groups is 1. The van der Waals surface area contributed by atoms with Gasteiger partial charge in [-0.3, -0.25) is 4.79 Å². The average Bonchev–Trinajstić information content (AvgIpc) is 2.76. The Bertz CT molecular complexity index is 500. The number of H-pyrrole nitrogens is 1. The molecule has 1 heterocycles. The Morgan fingerprint density at radius 2 is 1.74 bits per heavy atom. The van der Waals surface area contributed by atoms with Crippen LogP contribution >= 0.6 is 0 Å². The van der Waals surface area contributed by atoms with Crippen LogP contribution in [0, 0.1) is 6.92 Å². The van der Waals surface area contributed by atoms with Crippen LogP contribution in [0.4, 0.5) is 0 Å². The monoisotopic (exact) mass is 263 g/mol. The van der Waals surface area contributed by atoms with Gasteiger partial charge in [-0.05, 0) is 25.0 Å². The molecule has 106 valence electrons. The second-order valence-corrected chi connectivity index (χ2v) is 3.67. The van der Waals surface area contributed by atoms with Gasteiger partial charge in [-0.15, -0.1) is 0 Å². The number of hydrogen-bond acceptors (Lipinski definition) is 1. The van der Waals surface area contributed by atoms with E-state index in [4.69, 9.17) is 5.11 Å². The van der Waals surface area contributed by atoms with Crippen LogP contribution in [-0.2, 0) is 11.2 Å². The summed E-state index contributed by atoms with van der Waals surface area (Å²) < 4.78 is 0. The van der Waals surface area contributed by atoms with E-state index in [1.807, 2.05) is 58.9 Å². The van der Waals surface area contributed by atoms with Gasteiger partial charge in [0.15, 0.2) is 0 Å². The Kier molecular flexibility index (Phi) is 8.34. The Labute approximate surface area is 115 Å². The standard InChI is InChI=1S/C12H13NO2.2C2H6/c1-8-9(6-7-12(14)15)10-4-2-3-5-11(10)13-8;2*1-2/h2-5,13H,6-7H2,1H3,(H,14,15);2*1-2H3. The normalized spacial score (nSPS) is 9.11. The summed E-state index contributed by atoms with van der Waals surface area (Å²) >= 11 is 0. The summed E-state index contributed by atoms with van der Waals surface area (Å²) in [5.41, 5.74) is 3.26. The van der Waals surface area contributed by atoms with Crippen molar-refractivity contribution in [1.29, 1.82) is 0 Å². The lowest BCUT2D eigenvalue weighted by atomic mass is 10.1. The van der Waals surface area contributed by atoms with Crippen LogP contribution in [0.5, 0.6) is 0 Å². The number of carboxylic acids is 1. The van der Waals surface area contributed by atoms with Crippen molar-refractivity contribution in [2.75, 3.05) is 0 Å². The zero-order valence-corrected chi connectivity index (χ0v) is 12.6. The zero-order chi connectivity index (χ0) is 14.8. The van der Waals surface area contributed by atoms with Crippen molar-refractivity contribution in [2.24, 2.45) is 0 Å². The van der Waals surface area contributed by atoms with Crippen molar-refractivity contribution in [2.45, 2.75) is 47.5 Å². The molecule has 0 amide bonds. The molecule has 0 bridgehead atoms. The summed E-state index contributed by atoms with van der Waals surface area (Å²) in [5, 5.41) is 9.80. The number of rotatable bonds is 3. The van der Waals surface area contributed by atoms with Crippen molar-refractivity contribution in [3.63, 3.8) is 0 Å². The van der Waals surface area contributed by atoms with E-state index in [9.17, 15) is 4.79 Å². The molecule has 2 N–H and O–H groups in total. The van der Waals surface area contributed by atoms with Crippen molar-refractivity contribution >= 4 is 16.9 Å². The summed E-state index contributed by atoms with van der Waals surface area (Å²) in [6.07, 6.45) is 0.772. The number of para-hydroxylation sites is 1. The molecular weight excluding hydrogens is 238 g/mol. The fourth-order valence-electron chi connectivity index (χ4n) is 1.89. The number of fused-ring (bicyclic) bond motifs is 1. The first-order chi connectivity index (χ1) is 9.18. The largest absolute Gasteiger partial charge is 0.481 e. The summed E-state index contributed by atoms with van der Waals surface area (Å²) in [5.74, 6) is -0.750. The summed E-state index contributed by atoms with van der Waals surface area (Å²) in [6, 6.07) is 7.97. The predicted molar refractivity (Wildman–Crippen MR) is 81.7 cm³/mol. The molecule has 3 nitrogen and oxygen atoms in total. The van der Waals surface area contributed by atoms with Crippen LogP contribution in [0.3, 0.4) is 0 Å². The number of aromatic amines is 1. The number of carboxylic acid groups (broad SMARTS) is 1. The van der Waals surface area contributed by atoms with Crippen LogP contribution in [0.25, 0.3) is 10.9 Å². The highest BCUT2D eigenvalue weighted by Crippen LogP contribution is 2.22. The molecule has 19 heavy (non-hydrogen) atoms. The first-order valence-electron chi connectivity index (χ1n) is 6.96. The van der Waals surface area contributed by atoms with Crippen LogP contribution in [0.15, 0.2) is 24.3 Å². The molecule has 0 aliphatic carbocycles. The van der Waals surface area contributed by atoms with E-state index in [1.54, 1.807) is 0 Å². The molecule has 2 aromatic rings. The summed E-state index contributed by atoms with van der Waals surface area (Å²) in [7, 11) is 0. The van der Waals surface area contributed by atoms with E-state index in [0.29, 0.717) is 6.42 Å². The maximum absolute atomic E-state index is 10.5. The number of benzene rings is 1. The van der Waals surface area contributed by atoms with Gasteiger partial charge < -0.3 is 10.1 Å². The van der Waals surface area contributed by atoms with Crippen molar-refractivity contribution < 1.29 is 9.90 Å². The summed E-state index contributed by atoms with van der Waals surface area (Å²) in [6.45, 7) is 9.98. The lowest BCUT2D eigenvalue weighted by molar-refractivity contribution is -0.136.